The van der Waals surface area contributed by atoms with Crippen LogP contribution in [0.25, 0.3) is 0 Å². The van der Waals surface area contributed by atoms with Crippen LogP contribution >= 0.6 is 22.9 Å². The SMILES string of the molecule is CCNCc1cc(F)cc(OCc2ccc(Cl)s2)c1. The second-order valence-corrected chi connectivity index (χ2v) is 5.87. The number of nitrogens with one attached hydrogen (secondary N) is 1. The largest absolute Gasteiger partial charge is 0.488 e. The minimum Gasteiger partial charge on any atom is -0.488 e. The van der Waals surface area contributed by atoms with E-state index in [4.69, 9.17) is 16.3 Å². The van der Waals surface area contributed by atoms with Crippen molar-refractivity contribution in [3.05, 3.63) is 50.9 Å². The zero-order valence-corrected chi connectivity index (χ0v) is 12.2. The monoisotopic (exact) mass is 299 g/mol. The lowest BCUT2D eigenvalue weighted by atomic mass is 10.2. The summed E-state index contributed by atoms with van der Waals surface area (Å²) in [5.41, 5.74) is 0.876. The van der Waals surface area contributed by atoms with Crippen LogP contribution in [0.3, 0.4) is 0 Å². The third-order valence-corrected chi connectivity index (χ3v) is 3.72. The van der Waals surface area contributed by atoms with Gasteiger partial charge in [-0.15, -0.1) is 11.3 Å². The van der Waals surface area contributed by atoms with Gasteiger partial charge in [-0.25, -0.2) is 4.39 Å². The maximum Gasteiger partial charge on any atom is 0.127 e. The topological polar surface area (TPSA) is 21.3 Å². The van der Waals surface area contributed by atoms with Crippen molar-refractivity contribution < 1.29 is 9.13 Å². The van der Waals surface area contributed by atoms with Gasteiger partial charge < -0.3 is 10.1 Å². The first-order chi connectivity index (χ1) is 9.17. The van der Waals surface area contributed by atoms with Crippen LogP contribution in [0.2, 0.25) is 4.34 Å². The van der Waals surface area contributed by atoms with E-state index in [2.05, 4.69) is 5.32 Å². The number of ether oxygens (including phenoxy) is 1. The summed E-state index contributed by atoms with van der Waals surface area (Å²) in [6.45, 7) is 3.90. The molecule has 0 unspecified atom stereocenters. The normalized spacial score (nSPS) is 10.7. The molecule has 19 heavy (non-hydrogen) atoms. The van der Waals surface area contributed by atoms with Crippen LogP contribution in [0.4, 0.5) is 4.39 Å². The number of benzene rings is 1. The molecule has 0 spiro atoms. The molecule has 1 N–H and O–H groups in total. The number of thiophene rings is 1. The van der Waals surface area contributed by atoms with Gasteiger partial charge in [0.1, 0.15) is 18.2 Å². The third kappa shape index (κ3) is 4.49. The van der Waals surface area contributed by atoms with Crippen molar-refractivity contribution in [2.24, 2.45) is 0 Å². The second-order valence-electron chi connectivity index (χ2n) is 4.07. The molecule has 0 fully saturated rings. The summed E-state index contributed by atoms with van der Waals surface area (Å²) in [5, 5.41) is 3.16. The molecule has 0 aliphatic heterocycles. The Bertz CT molecular complexity index is 544. The molecule has 0 saturated carbocycles. The highest BCUT2D eigenvalue weighted by Crippen LogP contribution is 2.24. The Morgan fingerprint density at radius 1 is 1.32 bits per heavy atom. The van der Waals surface area contributed by atoms with Gasteiger partial charge >= 0.3 is 0 Å². The van der Waals surface area contributed by atoms with Crippen LogP contribution in [0.5, 0.6) is 5.75 Å². The summed E-state index contributed by atoms with van der Waals surface area (Å²) in [5.74, 6) is 0.257. The first kappa shape index (κ1) is 14.3. The van der Waals surface area contributed by atoms with Crippen molar-refractivity contribution in [1.82, 2.24) is 5.32 Å². The summed E-state index contributed by atoms with van der Waals surface area (Å²) in [6, 6.07) is 8.49. The number of hydrogen-bond donors (Lipinski definition) is 1. The van der Waals surface area contributed by atoms with E-state index in [9.17, 15) is 4.39 Å². The molecule has 2 rings (SSSR count). The maximum atomic E-state index is 13.5. The Labute approximate surface area is 121 Å². The predicted molar refractivity (Wildman–Crippen MR) is 77.4 cm³/mol. The molecule has 0 aliphatic carbocycles. The van der Waals surface area contributed by atoms with E-state index in [-0.39, 0.29) is 5.82 Å². The maximum absolute atomic E-state index is 13.5. The van der Waals surface area contributed by atoms with Crippen molar-refractivity contribution in [2.45, 2.75) is 20.1 Å². The smallest absolute Gasteiger partial charge is 0.127 e. The van der Waals surface area contributed by atoms with Gasteiger partial charge in [-0.2, -0.15) is 0 Å². The fourth-order valence-corrected chi connectivity index (χ4v) is 2.66. The van der Waals surface area contributed by atoms with Crippen molar-refractivity contribution >= 4 is 22.9 Å². The first-order valence-corrected chi connectivity index (χ1v) is 7.24. The quantitative estimate of drug-likeness (QED) is 0.862. The summed E-state index contributed by atoms with van der Waals surface area (Å²) in [7, 11) is 0. The molecule has 1 aromatic heterocycles. The van der Waals surface area contributed by atoms with Gasteiger partial charge in [0.15, 0.2) is 0 Å². The molecule has 1 heterocycles. The lowest BCUT2D eigenvalue weighted by Crippen LogP contribution is -2.12. The standard InChI is InChI=1S/C14H15ClFNOS/c1-2-17-8-10-5-11(16)7-12(6-10)18-9-13-3-4-14(15)19-13/h3-7,17H,2,8-9H2,1H3. The van der Waals surface area contributed by atoms with Gasteiger partial charge in [-0.1, -0.05) is 18.5 Å². The molecule has 0 bridgehead atoms. The highest BCUT2D eigenvalue weighted by molar-refractivity contribution is 7.16. The van der Waals surface area contributed by atoms with E-state index >= 15 is 0 Å². The predicted octanol–water partition coefficient (Wildman–Crippen LogP) is 4.23. The lowest BCUT2D eigenvalue weighted by Gasteiger charge is -2.08. The van der Waals surface area contributed by atoms with E-state index < -0.39 is 0 Å². The Hall–Kier alpha value is -1.10. The minimum absolute atomic E-state index is 0.283. The molecule has 2 nitrogen and oxygen atoms in total. The minimum atomic E-state index is -0.283. The zero-order chi connectivity index (χ0) is 13.7. The molecular weight excluding hydrogens is 285 g/mol. The van der Waals surface area contributed by atoms with Crippen LogP contribution in [0.1, 0.15) is 17.4 Å². The molecule has 0 saturated heterocycles. The van der Waals surface area contributed by atoms with Gasteiger partial charge in [-0.05, 0) is 36.4 Å². The van der Waals surface area contributed by atoms with Gasteiger partial charge in [0.05, 0.1) is 4.34 Å². The number of rotatable bonds is 6. The highest BCUT2D eigenvalue weighted by atomic mass is 35.5. The number of halogens is 2. The van der Waals surface area contributed by atoms with E-state index in [1.165, 1.54) is 23.5 Å². The first-order valence-electron chi connectivity index (χ1n) is 6.04. The van der Waals surface area contributed by atoms with Crippen LogP contribution in [0.15, 0.2) is 30.3 Å². The Morgan fingerprint density at radius 3 is 2.84 bits per heavy atom. The summed E-state index contributed by atoms with van der Waals surface area (Å²) in [4.78, 5) is 1.02. The van der Waals surface area contributed by atoms with Crippen molar-refractivity contribution in [3.8, 4) is 5.75 Å². The van der Waals surface area contributed by atoms with Crippen molar-refractivity contribution in [1.29, 1.82) is 0 Å². The molecule has 0 aliphatic rings. The van der Waals surface area contributed by atoms with E-state index in [0.717, 1.165) is 21.3 Å². The molecule has 5 heteroatoms. The summed E-state index contributed by atoms with van der Waals surface area (Å²) in [6.07, 6.45) is 0. The molecule has 102 valence electrons. The molecule has 0 atom stereocenters. The highest BCUT2D eigenvalue weighted by Gasteiger charge is 2.04. The molecule has 0 radical (unpaired) electrons. The molecule has 2 aromatic rings. The molecular formula is C14H15ClFNOS. The van der Waals surface area contributed by atoms with Crippen molar-refractivity contribution in [3.63, 3.8) is 0 Å². The van der Waals surface area contributed by atoms with Crippen molar-refractivity contribution in [2.75, 3.05) is 6.54 Å². The van der Waals surface area contributed by atoms with Crippen LogP contribution < -0.4 is 10.1 Å². The Kier molecular flexibility index (Phi) is 5.19. The Morgan fingerprint density at radius 2 is 2.16 bits per heavy atom. The van der Waals surface area contributed by atoms with E-state index in [1.807, 2.05) is 25.1 Å². The zero-order valence-electron chi connectivity index (χ0n) is 10.6. The van der Waals surface area contributed by atoms with Gasteiger partial charge in [0.25, 0.3) is 0 Å². The van der Waals surface area contributed by atoms with Gasteiger partial charge in [-0.3, -0.25) is 0 Å². The second kappa shape index (κ2) is 6.89. The lowest BCUT2D eigenvalue weighted by molar-refractivity contribution is 0.307. The fraction of sp³-hybridized carbons (Fsp3) is 0.286. The summed E-state index contributed by atoms with van der Waals surface area (Å²) >= 11 is 7.31. The van der Waals surface area contributed by atoms with Crippen LogP contribution in [-0.2, 0) is 13.2 Å². The fourth-order valence-electron chi connectivity index (χ4n) is 1.66. The van der Waals surface area contributed by atoms with E-state index in [0.29, 0.717) is 18.9 Å². The number of hydrogen-bond acceptors (Lipinski definition) is 3. The molecule has 1 aromatic carbocycles. The van der Waals surface area contributed by atoms with E-state index in [1.54, 1.807) is 0 Å². The van der Waals surface area contributed by atoms with Crippen LogP contribution in [0, 0.1) is 5.82 Å². The third-order valence-electron chi connectivity index (χ3n) is 2.52. The Balaban J connectivity index is 2.01. The van der Waals surface area contributed by atoms with Gasteiger partial charge in [0, 0.05) is 17.5 Å². The average Bonchev–Trinajstić information content (AvgIpc) is 2.79. The molecule has 0 amide bonds. The van der Waals surface area contributed by atoms with Gasteiger partial charge in [0.2, 0.25) is 0 Å². The summed E-state index contributed by atoms with van der Waals surface area (Å²) < 4.78 is 19.8. The average molecular weight is 300 g/mol. The van der Waals surface area contributed by atoms with Crippen LogP contribution in [-0.4, -0.2) is 6.54 Å².